The van der Waals surface area contributed by atoms with Crippen molar-refractivity contribution in [2.24, 2.45) is 0 Å². The van der Waals surface area contributed by atoms with Gasteiger partial charge in [-0.15, -0.1) is 10.2 Å². The summed E-state index contributed by atoms with van der Waals surface area (Å²) in [6, 6.07) is 6.95. The molecule has 0 aliphatic carbocycles. The minimum atomic E-state index is -0.227. The second-order valence-corrected chi connectivity index (χ2v) is 6.41. The van der Waals surface area contributed by atoms with Crippen LogP contribution in [0.2, 0.25) is 5.02 Å². The fourth-order valence-electron chi connectivity index (χ4n) is 2.06. The maximum absolute atomic E-state index is 11.9. The number of rotatable bonds is 3. The molecule has 0 spiro atoms. The number of urea groups is 1. The maximum Gasteiger partial charge on any atom is 0.319 e. The molecular formula is C13H14ClN5OS. The molecule has 1 saturated heterocycles. The molecule has 2 N–H and O–H groups in total. The van der Waals surface area contributed by atoms with Crippen LogP contribution in [0.4, 0.5) is 15.6 Å². The molecule has 8 heteroatoms. The van der Waals surface area contributed by atoms with E-state index in [1.807, 2.05) is 6.92 Å². The second-order valence-electron chi connectivity index (χ2n) is 4.81. The van der Waals surface area contributed by atoms with Gasteiger partial charge in [-0.05, 0) is 25.1 Å². The van der Waals surface area contributed by atoms with E-state index in [0.29, 0.717) is 10.7 Å². The van der Waals surface area contributed by atoms with Gasteiger partial charge in [0.25, 0.3) is 0 Å². The van der Waals surface area contributed by atoms with E-state index in [4.69, 9.17) is 11.6 Å². The third kappa shape index (κ3) is 3.43. The summed E-state index contributed by atoms with van der Waals surface area (Å²) in [6.45, 7) is 3.42. The molecule has 1 aliphatic rings. The summed E-state index contributed by atoms with van der Waals surface area (Å²) in [5.41, 5.74) is 0.677. The molecule has 1 fully saturated rings. The largest absolute Gasteiger partial charge is 0.342 e. The number of nitrogens with one attached hydrogen (secondary N) is 2. The van der Waals surface area contributed by atoms with Gasteiger partial charge in [0.15, 0.2) is 0 Å². The highest BCUT2D eigenvalue weighted by molar-refractivity contribution is 7.15. The van der Waals surface area contributed by atoms with Gasteiger partial charge in [0.1, 0.15) is 5.01 Å². The molecular weight excluding hydrogens is 310 g/mol. The van der Waals surface area contributed by atoms with Gasteiger partial charge in [-0.2, -0.15) is 0 Å². The van der Waals surface area contributed by atoms with Crippen LogP contribution in [0, 0.1) is 6.92 Å². The first kappa shape index (κ1) is 14.1. The monoisotopic (exact) mass is 323 g/mol. The summed E-state index contributed by atoms with van der Waals surface area (Å²) >= 11 is 7.43. The Balaban J connectivity index is 1.47. The van der Waals surface area contributed by atoms with Crippen LogP contribution in [0.1, 0.15) is 5.01 Å². The summed E-state index contributed by atoms with van der Waals surface area (Å²) < 4.78 is 0. The fourth-order valence-corrected chi connectivity index (χ4v) is 2.95. The van der Waals surface area contributed by atoms with Crippen LogP contribution in [0.3, 0.4) is 0 Å². The zero-order chi connectivity index (χ0) is 14.8. The van der Waals surface area contributed by atoms with E-state index in [1.54, 1.807) is 35.6 Å². The molecule has 110 valence electrons. The van der Waals surface area contributed by atoms with Crippen LogP contribution in [0.15, 0.2) is 24.3 Å². The van der Waals surface area contributed by atoms with Gasteiger partial charge in [0.05, 0.1) is 6.04 Å². The summed E-state index contributed by atoms with van der Waals surface area (Å²) in [7, 11) is 0. The van der Waals surface area contributed by atoms with E-state index >= 15 is 0 Å². The lowest BCUT2D eigenvalue weighted by Gasteiger charge is -2.38. The number of carbonyl (C=O) groups excluding carboxylic acids is 1. The minimum absolute atomic E-state index is 0.119. The zero-order valence-electron chi connectivity index (χ0n) is 11.3. The van der Waals surface area contributed by atoms with E-state index in [9.17, 15) is 4.79 Å². The molecule has 2 aromatic rings. The van der Waals surface area contributed by atoms with Crippen molar-refractivity contribution < 1.29 is 4.79 Å². The van der Waals surface area contributed by atoms with Crippen LogP contribution < -0.4 is 15.5 Å². The quantitative estimate of drug-likeness (QED) is 0.910. The number of anilines is 2. The summed E-state index contributed by atoms with van der Waals surface area (Å²) in [6.07, 6.45) is 0. The van der Waals surface area contributed by atoms with Gasteiger partial charge >= 0.3 is 6.03 Å². The van der Waals surface area contributed by atoms with E-state index in [-0.39, 0.29) is 12.1 Å². The Morgan fingerprint density at radius 1 is 1.43 bits per heavy atom. The highest BCUT2D eigenvalue weighted by Gasteiger charge is 2.30. The molecule has 21 heavy (non-hydrogen) atoms. The first-order chi connectivity index (χ1) is 10.1. The minimum Gasteiger partial charge on any atom is -0.342 e. The van der Waals surface area contributed by atoms with Gasteiger partial charge in [0, 0.05) is 23.8 Å². The van der Waals surface area contributed by atoms with Crippen molar-refractivity contribution in [1.29, 1.82) is 0 Å². The summed E-state index contributed by atoms with van der Waals surface area (Å²) in [5.74, 6) is 0. The second kappa shape index (κ2) is 5.87. The number of benzene rings is 1. The first-order valence-corrected chi connectivity index (χ1v) is 7.68. The molecule has 2 heterocycles. The van der Waals surface area contributed by atoms with E-state index in [0.717, 1.165) is 23.2 Å². The molecule has 0 unspecified atom stereocenters. The average molecular weight is 324 g/mol. The molecule has 0 bridgehead atoms. The van der Waals surface area contributed by atoms with Crippen molar-refractivity contribution in [3.05, 3.63) is 34.3 Å². The molecule has 1 aliphatic heterocycles. The van der Waals surface area contributed by atoms with Crippen LogP contribution >= 0.6 is 22.9 Å². The number of aromatic nitrogens is 2. The zero-order valence-corrected chi connectivity index (χ0v) is 12.9. The maximum atomic E-state index is 11.9. The number of aryl methyl sites for hydroxylation is 1. The number of amides is 2. The Hall–Kier alpha value is -1.86. The number of halogens is 1. The van der Waals surface area contributed by atoms with Crippen molar-refractivity contribution in [1.82, 2.24) is 15.5 Å². The lowest BCUT2D eigenvalue weighted by atomic mass is 10.1. The number of hydrogen-bond donors (Lipinski definition) is 2. The number of nitrogens with zero attached hydrogens (tertiary/aromatic N) is 3. The van der Waals surface area contributed by atoms with Gasteiger partial charge in [0.2, 0.25) is 5.13 Å². The molecule has 0 atom stereocenters. The highest BCUT2D eigenvalue weighted by Crippen LogP contribution is 2.24. The topological polar surface area (TPSA) is 70.2 Å². The Morgan fingerprint density at radius 2 is 2.24 bits per heavy atom. The van der Waals surface area contributed by atoms with Crippen molar-refractivity contribution in [2.45, 2.75) is 13.0 Å². The van der Waals surface area contributed by atoms with Gasteiger partial charge < -0.3 is 15.5 Å². The summed E-state index contributed by atoms with van der Waals surface area (Å²) in [4.78, 5) is 14.0. The molecule has 1 aromatic carbocycles. The fraction of sp³-hybridized carbons (Fsp3) is 0.308. The Morgan fingerprint density at radius 3 is 2.90 bits per heavy atom. The van der Waals surface area contributed by atoms with Gasteiger partial charge in [-0.25, -0.2) is 4.79 Å². The molecule has 1 aromatic heterocycles. The van der Waals surface area contributed by atoms with Crippen molar-refractivity contribution >= 4 is 39.8 Å². The SMILES string of the molecule is Cc1nnc(N2CC(NC(=O)Nc3cccc(Cl)c3)C2)s1. The molecule has 2 amide bonds. The smallest absolute Gasteiger partial charge is 0.319 e. The third-order valence-corrected chi connectivity index (χ3v) is 4.22. The third-order valence-electron chi connectivity index (χ3n) is 3.09. The predicted octanol–water partition coefficient (Wildman–Crippen LogP) is 2.51. The van der Waals surface area contributed by atoms with Gasteiger partial charge in [-0.3, -0.25) is 0 Å². The predicted molar refractivity (Wildman–Crippen MR) is 84.3 cm³/mol. The molecule has 6 nitrogen and oxygen atoms in total. The first-order valence-electron chi connectivity index (χ1n) is 6.48. The van der Waals surface area contributed by atoms with Crippen molar-refractivity contribution in [2.75, 3.05) is 23.3 Å². The molecule has 0 saturated carbocycles. The Bertz CT molecular complexity index is 656. The molecule has 0 radical (unpaired) electrons. The van der Waals surface area contributed by atoms with Crippen LogP contribution in [-0.2, 0) is 0 Å². The van der Waals surface area contributed by atoms with Crippen molar-refractivity contribution in [3.8, 4) is 0 Å². The molecule has 3 rings (SSSR count). The van der Waals surface area contributed by atoms with Crippen LogP contribution in [0.25, 0.3) is 0 Å². The van der Waals surface area contributed by atoms with Crippen LogP contribution in [-0.4, -0.2) is 35.4 Å². The average Bonchev–Trinajstić information content (AvgIpc) is 2.79. The van der Waals surface area contributed by atoms with E-state index in [1.165, 1.54) is 0 Å². The standard InChI is InChI=1S/C13H14ClN5OS/c1-8-17-18-13(21-8)19-6-11(7-19)16-12(20)15-10-4-2-3-9(14)5-10/h2-5,11H,6-7H2,1H3,(H2,15,16,20). The Labute approximate surface area is 131 Å². The van der Waals surface area contributed by atoms with Gasteiger partial charge in [-0.1, -0.05) is 29.0 Å². The number of carbonyl (C=O) groups is 1. The van der Waals surface area contributed by atoms with E-state index < -0.39 is 0 Å². The highest BCUT2D eigenvalue weighted by atomic mass is 35.5. The normalized spacial score (nSPS) is 14.7. The Kier molecular flexibility index (Phi) is 3.94. The summed E-state index contributed by atoms with van der Waals surface area (Å²) in [5, 5.41) is 16.2. The lowest BCUT2D eigenvalue weighted by molar-refractivity contribution is 0.245. The van der Waals surface area contributed by atoms with Crippen LogP contribution in [0.5, 0.6) is 0 Å². The van der Waals surface area contributed by atoms with Crippen molar-refractivity contribution in [3.63, 3.8) is 0 Å². The number of hydrogen-bond acceptors (Lipinski definition) is 5. The van der Waals surface area contributed by atoms with E-state index in [2.05, 4.69) is 25.7 Å². The lowest BCUT2D eigenvalue weighted by Crippen LogP contribution is -2.60.